The van der Waals surface area contributed by atoms with E-state index in [1.165, 1.54) is 12.8 Å². The zero-order valence-electron chi connectivity index (χ0n) is 18.1. The number of aliphatic imine (C=N–C) groups is 1. The standard InChI is InChI=1S/C22H28F2N4O3.HI/c1-3-29-18-6-4-5-17(20(18)31-21(23)24)13-28-22(25-2)27-12-16-9-10-19(26-11-16)30-14-15-7-8-15;/h4-6,9-11,15,21H,3,7-8,12-14H2,1-2H3,(H2,25,27,28);1H. The Labute approximate surface area is 204 Å². The van der Waals surface area contributed by atoms with E-state index in [1.807, 2.05) is 12.1 Å². The molecule has 7 nitrogen and oxygen atoms in total. The fraction of sp³-hybridized carbons (Fsp3) is 0.455. The van der Waals surface area contributed by atoms with E-state index in [1.54, 1.807) is 38.4 Å². The normalized spacial score (nSPS) is 13.3. The van der Waals surface area contributed by atoms with Gasteiger partial charge in [-0.1, -0.05) is 18.2 Å². The van der Waals surface area contributed by atoms with Crippen LogP contribution in [0.25, 0.3) is 0 Å². The van der Waals surface area contributed by atoms with E-state index in [2.05, 4.69) is 20.6 Å². The molecular weight excluding hydrogens is 533 g/mol. The third-order valence-corrected chi connectivity index (χ3v) is 4.66. The molecule has 0 atom stereocenters. The van der Waals surface area contributed by atoms with Crippen molar-refractivity contribution in [1.29, 1.82) is 0 Å². The van der Waals surface area contributed by atoms with Gasteiger partial charge >= 0.3 is 6.61 Å². The third kappa shape index (κ3) is 8.29. The number of nitrogens with zero attached hydrogens (tertiary/aromatic N) is 2. The molecule has 1 saturated carbocycles. The number of nitrogens with one attached hydrogen (secondary N) is 2. The van der Waals surface area contributed by atoms with Crippen LogP contribution in [0, 0.1) is 5.92 Å². The zero-order valence-corrected chi connectivity index (χ0v) is 20.5. The van der Waals surface area contributed by atoms with Gasteiger partial charge in [0.25, 0.3) is 0 Å². The van der Waals surface area contributed by atoms with Crippen LogP contribution >= 0.6 is 24.0 Å². The number of halogens is 3. The first-order valence-corrected chi connectivity index (χ1v) is 10.3. The second kappa shape index (κ2) is 13.2. The lowest BCUT2D eigenvalue weighted by molar-refractivity contribution is -0.0520. The van der Waals surface area contributed by atoms with Gasteiger partial charge in [0.15, 0.2) is 17.5 Å². The summed E-state index contributed by atoms with van der Waals surface area (Å²) in [5, 5.41) is 6.28. The molecule has 0 spiro atoms. The number of rotatable bonds is 11. The minimum Gasteiger partial charge on any atom is -0.490 e. The second-order valence-corrected chi connectivity index (χ2v) is 7.09. The minimum atomic E-state index is -2.94. The minimum absolute atomic E-state index is 0. The molecule has 0 saturated heterocycles. The van der Waals surface area contributed by atoms with Crippen LogP contribution in [0.3, 0.4) is 0 Å². The van der Waals surface area contributed by atoms with Crippen LogP contribution < -0.4 is 24.8 Å². The van der Waals surface area contributed by atoms with E-state index in [0.717, 1.165) is 12.2 Å². The summed E-state index contributed by atoms with van der Waals surface area (Å²) in [6.45, 7) is 0.635. The lowest BCUT2D eigenvalue weighted by atomic mass is 10.2. The van der Waals surface area contributed by atoms with E-state index < -0.39 is 6.61 Å². The third-order valence-electron chi connectivity index (χ3n) is 4.66. The van der Waals surface area contributed by atoms with Crippen molar-refractivity contribution in [2.45, 2.75) is 39.5 Å². The highest BCUT2D eigenvalue weighted by molar-refractivity contribution is 14.0. The van der Waals surface area contributed by atoms with Crippen molar-refractivity contribution in [3.05, 3.63) is 47.7 Å². The first-order chi connectivity index (χ1) is 15.1. The summed E-state index contributed by atoms with van der Waals surface area (Å²) in [5.74, 6) is 2.12. The van der Waals surface area contributed by atoms with Crippen LogP contribution in [-0.4, -0.2) is 37.8 Å². The lowest BCUT2D eigenvalue weighted by Gasteiger charge is -2.17. The fourth-order valence-electron chi connectivity index (χ4n) is 2.87. The van der Waals surface area contributed by atoms with E-state index in [4.69, 9.17) is 14.2 Å². The molecule has 1 aromatic heterocycles. The molecule has 1 aliphatic rings. The molecule has 0 aliphatic heterocycles. The molecule has 1 heterocycles. The van der Waals surface area contributed by atoms with Gasteiger partial charge in [0.2, 0.25) is 5.88 Å². The molecule has 0 radical (unpaired) electrons. The number of aromatic nitrogens is 1. The van der Waals surface area contributed by atoms with Gasteiger partial charge in [-0.05, 0) is 37.3 Å². The zero-order chi connectivity index (χ0) is 22.1. The van der Waals surface area contributed by atoms with Crippen molar-refractivity contribution >= 4 is 29.9 Å². The van der Waals surface area contributed by atoms with E-state index >= 15 is 0 Å². The Bertz CT molecular complexity index is 865. The molecule has 0 bridgehead atoms. The van der Waals surface area contributed by atoms with Crippen LogP contribution in [0.2, 0.25) is 0 Å². The Morgan fingerprint density at radius 3 is 2.56 bits per heavy atom. The summed E-state index contributed by atoms with van der Waals surface area (Å²) < 4.78 is 41.5. The van der Waals surface area contributed by atoms with Crippen LogP contribution in [0.5, 0.6) is 17.4 Å². The maximum atomic E-state index is 12.9. The highest BCUT2D eigenvalue weighted by Gasteiger charge is 2.22. The highest BCUT2D eigenvalue weighted by atomic mass is 127. The Hall–Kier alpha value is -2.37. The summed E-state index contributed by atoms with van der Waals surface area (Å²) in [7, 11) is 1.63. The second-order valence-electron chi connectivity index (χ2n) is 7.09. The smallest absolute Gasteiger partial charge is 0.387 e. The Balaban J connectivity index is 0.00000363. The van der Waals surface area contributed by atoms with Gasteiger partial charge in [-0.2, -0.15) is 8.78 Å². The number of hydrogen-bond donors (Lipinski definition) is 2. The summed E-state index contributed by atoms with van der Waals surface area (Å²) in [6, 6.07) is 8.82. The number of guanidine groups is 1. The van der Waals surface area contributed by atoms with Crippen molar-refractivity contribution in [3.8, 4) is 17.4 Å². The van der Waals surface area contributed by atoms with Gasteiger partial charge in [-0.25, -0.2) is 4.98 Å². The number of ether oxygens (including phenoxy) is 3. The van der Waals surface area contributed by atoms with Crippen LogP contribution in [0.4, 0.5) is 8.78 Å². The van der Waals surface area contributed by atoms with E-state index in [-0.39, 0.29) is 42.0 Å². The SMILES string of the molecule is CCOc1cccc(CNC(=NC)NCc2ccc(OCC3CC3)nc2)c1OC(F)F.I. The predicted octanol–water partition coefficient (Wildman–Crippen LogP) is 4.35. The average Bonchev–Trinajstić information content (AvgIpc) is 3.59. The molecule has 32 heavy (non-hydrogen) atoms. The quantitative estimate of drug-likeness (QED) is 0.241. The maximum Gasteiger partial charge on any atom is 0.387 e. The summed E-state index contributed by atoms with van der Waals surface area (Å²) >= 11 is 0. The van der Waals surface area contributed by atoms with E-state index in [9.17, 15) is 8.78 Å². The van der Waals surface area contributed by atoms with Crippen molar-refractivity contribution in [2.75, 3.05) is 20.3 Å². The molecule has 1 fully saturated rings. The number of benzene rings is 1. The van der Waals surface area contributed by atoms with Crippen LogP contribution in [-0.2, 0) is 13.1 Å². The Morgan fingerprint density at radius 2 is 1.94 bits per heavy atom. The average molecular weight is 562 g/mol. The van der Waals surface area contributed by atoms with Crippen molar-refractivity contribution in [1.82, 2.24) is 15.6 Å². The summed E-state index contributed by atoms with van der Waals surface area (Å²) in [5.41, 5.74) is 1.50. The molecular formula is C22H29F2IN4O3. The maximum absolute atomic E-state index is 12.9. The summed E-state index contributed by atoms with van der Waals surface area (Å²) in [6.07, 6.45) is 4.22. The van der Waals surface area contributed by atoms with Crippen molar-refractivity contribution in [2.24, 2.45) is 10.9 Å². The largest absolute Gasteiger partial charge is 0.490 e. The number of alkyl halides is 2. The molecule has 2 aromatic rings. The number of para-hydroxylation sites is 1. The van der Waals surface area contributed by atoms with Gasteiger partial charge in [0.1, 0.15) is 0 Å². The molecule has 10 heteroatoms. The Kier molecular flexibility index (Phi) is 10.7. The molecule has 3 rings (SSSR count). The van der Waals surface area contributed by atoms with Crippen LogP contribution in [0.1, 0.15) is 30.9 Å². The predicted molar refractivity (Wildman–Crippen MR) is 129 cm³/mol. The van der Waals surface area contributed by atoms with Gasteiger partial charge < -0.3 is 24.8 Å². The molecule has 2 N–H and O–H groups in total. The fourth-order valence-corrected chi connectivity index (χ4v) is 2.87. The highest BCUT2D eigenvalue weighted by Crippen LogP contribution is 2.32. The van der Waals surface area contributed by atoms with Gasteiger partial charge in [-0.3, -0.25) is 4.99 Å². The summed E-state index contributed by atoms with van der Waals surface area (Å²) in [4.78, 5) is 8.49. The molecule has 1 aliphatic carbocycles. The van der Waals surface area contributed by atoms with Crippen molar-refractivity contribution in [3.63, 3.8) is 0 Å². The van der Waals surface area contributed by atoms with Crippen LogP contribution in [0.15, 0.2) is 41.5 Å². The topological polar surface area (TPSA) is 77.0 Å². The Morgan fingerprint density at radius 1 is 1.16 bits per heavy atom. The van der Waals surface area contributed by atoms with Gasteiger partial charge in [-0.15, -0.1) is 24.0 Å². The lowest BCUT2D eigenvalue weighted by Crippen LogP contribution is -2.36. The molecule has 176 valence electrons. The molecule has 0 amide bonds. The molecule has 1 aromatic carbocycles. The van der Waals surface area contributed by atoms with Gasteiger partial charge in [0.05, 0.1) is 13.2 Å². The monoisotopic (exact) mass is 562 g/mol. The van der Waals surface area contributed by atoms with Gasteiger partial charge in [0, 0.05) is 38.0 Å². The number of pyridine rings is 1. The van der Waals surface area contributed by atoms with Crippen molar-refractivity contribution < 1.29 is 23.0 Å². The molecule has 0 unspecified atom stereocenters. The number of hydrogen-bond acceptors (Lipinski definition) is 5. The first-order valence-electron chi connectivity index (χ1n) is 10.3. The van der Waals surface area contributed by atoms with E-state index in [0.29, 0.717) is 36.5 Å². The first kappa shape index (κ1) is 25.9.